The zero-order valence-electron chi connectivity index (χ0n) is 16.2. The van der Waals surface area contributed by atoms with E-state index >= 15 is 0 Å². The van der Waals surface area contributed by atoms with Crippen molar-refractivity contribution in [1.82, 2.24) is 19.7 Å². The topological polar surface area (TPSA) is 63.1 Å². The van der Waals surface area contributed by atoms with Crippen LogP contribution in [-0.4, -0.2) is 39.2 Å². The van der Waals surface area contributed by atoms with Crippen molar-refractivity contribution in [1.29, 1.82) is 0 Å². The Morgan fingerprint density at radius 1 is 1.14 bits per heavy atom. The van der Waals surface area contributed by atoms with Crippen LogP contribution in [0.25, 0.3) is 22.4 Å². The minimum absolute atomic E-state index is 0.0326. The lowest BCUT2D eigenvalue weighted by atomic mass is 9.98. The molecule has 1 saturated carbocycles. The summed E-state index contributed by atoms with van der Waals surface area (Å²) in [6, 6.07) is 10.3. The van der Waals surface area contributed by atoms with E-state index in [1.165, 1.54) is 12.1 Å². The molecule has 0 bridgehead atoms. The Morgan fingerprint density at radius 2 is 1.93 bits per heavy atom. The van der Waals surface area contributed by atoms with E-state index in [1.54, 1.807) is 18.3 Å². The first kappa shape index (κ1) is 18.0. The van der Waals surface area contributed by atoms with Crippen LogP contribution in [-0.2, 0) is 17.9 Å². The van der Waals surface area contributed by atoms with Crippen LogP contribution in [0, 0.1) is 11.7 Å². The number of hydrogen-bond donors (Lipinski definition) is 1. The van der Waals surface area contributed by atoms with Crippen molar-refractivity contribution >= 4 is 11.7 Å². The first-order valence-corrected chi connectivity index (χ1v) is 9.90. The van der Waals surface area contributed by atoms with Gasteiger partial charge in [-0.2, -0.15) is 5.10 Å². The van der Waals surface area contributed by atoms with Gasteiger partial charge >= 0.3 is 0 Å². The van der Waals surface area contributed by atoms with Crippen LogP contribution >= 0.6 is 0 Å². The van der Waals surface area contributed by atoms with Gasteiger partial charge in [0, 0.05) is 36.3 Å². The molecule has 29 heavy (non-hydrogen) atoms. The molecular weight excluding hydrogens is 369 g/mol. The highest BCUT2D eigenvalue weighted by molar-refractivity contribution is 5.94. The first-order valence-electron chi connectivity index (χ1n) is 9.90. The fourth-order valence-corrected chi connectivity index (χ4v) is 3.78. The smallest absolute Gasteiger partial charge is 0.228 e. The SMILES string of the molecule is CN1CCn2nc(-c3ccc(F)cc3)c(-c3ccnc(NC(=O)C4CC4)c3)c2C1. The number of aromatic nitrogens is 3. The van der Waals surface area contributed by atoms with E-state index in [-0.39, 0.29) is 17.6 Å². The lowest BCUT2D eigenvalue weighted by Crippen LogP contribution is -2.30. The molecule has 0 spiro atoms. The fraction of sp³-hybridized carbons (Fsp3) is 0.318. The van der Waals surface area contributed by atoms with Gasteiger partial charge in [0.15, 0.2) is 0 Å². The van der Waals surface area contributed by atoms with E-state index in [2.05, 4.69) is 22.2 Å². The van der Waals surface area contributed by atoms with Gasteiger partial charge in [0.1, 0.15) is 17.3 Å². The Labute approximate surface area is 168 Å². The first-order chi connectivity index (χ1) is 14.1. The molecule has 1 amide bonds. The van der Waals surface area contributed by atoms with E-state index < -0.39 is 0 Å². The maximum atomic E-state index is 13.5. The summed E-state index contributed by atoms with van der Waals surface area (Å²) in [4.78, 5) is 18.7. The summed E-state index contributed by atoms with van der Waals surface area (Å²) in [7, 11) is 2.09. The largest absolute Gasteiger partial charge is 0.310 e. The average Bonchev–Trinajstić information content (AvgIpc) is 3.50. The third kappa shape index (κ3) is 3.53. The average molecular weight is 391 g/mol. The minimum atomic E-state index is -0.270. The molecule has 0 saturated heterocycles. The van der Waals surface area contributed by atoms with E-state index in [1.807, 2.05) is 16.8 Å². The van der Waals surface area contributed by atoms with Crippen LogP contribution in [0.3, 0.4) is 0 Å². The quantitative estimate of drug-likeness (QED) is 0.739. The van der Waals surface area contributed by atoms with Gasteiger partial charge in [0.25, 0.3) is 0 Å². The monoisotopic (exact) mass is 391 g/mol. The van der Waals surface area contributed by atoms with Crippen LogP contribution in [0.4, 0.5) is 10.2 Å². The highest BCUT2D eigenvalue weighted by Gasteiger charge is 2.30. The Morgan fingerprint density at radius 3 is 2.69 bits per heavy atom. The number of benzene rings is 1. The van der Waals surface area contributed by atoms with Gasteiger partial charge in [-0.1, -0.05) is 0 Å². The van der Waals surface area contributed by atoms with Crippen molar-refractivity contribution in [3.63, 3.8) is 0 Å². The molecule has 0 atom stereocenters. The standard InChI is InChI=1S/C22H22FN5O/c1-27-10-11-28-18(13-27)20(21(26-28)14-4-6-17(23)7-5-14)16-8-9-24-19(12-16)25-22(29)15-2-3-15/h4-9,12,15H,2-3,10-11,13H2,1H3,(H,24,25,29). The maximum absolute atomic E-state index is 13.5. The van der Waals surface area contributed by atoms with E-state index in [9.17, 15) is 9.18 Å². The number of rotatable bonds is 4. The summed E-state index contributed by atoms with van der Waals surface area (Å²) in [5, 5.41) is 7.77. The predicted octanol–water partition coefficient (Wildman–Crippen LogP) is 3.55. The third-order valence-electron chi connectivity index (χ3n) is 5.54. The highest BCUT2D eigenvalue weighted by Crippen LogP contribution is 2.37. The molecule has 1 N–H and O–H groups in total. The summed E-state index contributed by atoms with van der Waals surface area (Å²) in [6.45, 7) is 2.50. The Kier molecular flexibility index (Phi) is 4.39. The number of amides is 1. The molecular formula is C22H22FN5O. The molecule has 3 heterocycles. The normalized spacial score (nSPS) is 16.5. The number of anilines is 1. The van der Waals surface area contributed by atoms with E-state index in [0.29, 0.717) is 5.82 Å². The van der Waals surface area contributed by atoms with Gasteiger partial charge in [-0.05, 0) is 61.9 Å². The number of pyridine rings is 1. The van der Waals surface area contributed by atoms with Crippen LogP contribution in [0.2, 0.25) is 0 Å². The fourth-order valence-electron chi connectivity index (χ4n) is 3.78. The molecule has 7 heteroatoms. The van der Waals surface area contributed by atoms with Crippen LogP contribution in [0.5, 0.6) is 0 Å². The molecule has 1 aromatic carbocycles. The van der Waals surface area contributed by atoms with Crippen LogP contribution in [0.15, 0.2) is 42.6 Å². The summed E-state index contributed by atoms with van der Waals surface area (Å²) in [5.41, 5.74) is 4.76. The van der Waals surface area contributed by atoms with Gasteiger partial charge in [-0.15, -0.1) is 0 Å². The molecule has 1 aliphatic carbocycles. The number of carbonyl (C=O) groups is 1. The zero-order chi connectivity index (χ0) is 20.0. The maximum Gasteiger partial charge on any atom is 0.228 e. The van der Waals surface area contributed by atoms with Crippen molar-refractivity contribution in [2.75, 3.05) is 18.9 Å². The number of hydrogen-bond acceptors (Lipinski definition) is 4. The molecule has 0 unspecified atom stereocenters. The van der Waals surface area contributed by atoms with Crippen molar-refractivity contribution in [3.8, 4) is 22.4 Å². The molecule has 3 aromatic rings. The number of nitrogens with zero attached hydrogens (tertiary/aromatic N) is 4. The number of carbonyl (C=O) groups excluding carboxylic acids is 1. The van der Waals surface area contributed by atoms with Gasteiger partial charge in [0.2, 0.25) is 5.91 Å². The Balaban J connectivity index is 1.60. The summed E-state index contributed by atoms with van der Waals surface area (Å²) in [6.07, 6.45) is 3.61. The van der Waals surface area contributed by atoms with Crippen molar-refractivity contribution in [2.45, 2.75) is 25.9 Å². The number of nitrogens with one attached hydrogen (secondary N) is 1. The molecule has 1 aliphatic heterocycles. The summed E-state index contributed by atoms with van der Waals surface area (Å²) >= 11 is 0. The van der Waals surface area contributed by atoms with E-state index in [4.69, 9.17) is 5.10 Å². The summed E-state index contributed by atoms with van der Waals surface area (Å²) in [5.74, 6) is 0.430. The summed E-state index contributed by atoms with van der Waals surface area (Å²) < 4.78 is 15.5. The zero-order valence-corrected chi connectivity index (χ0v) is 16.2. The predicted molar refractivity (Wildman–Crippen MR) is 109 cm³/mol. The number of likely N-dealkylation sites (N-methyl/N-ethyl adjacent to an activating group) is 1. The lowest BCUT2D eigenvalue weighted by Gasteiger charge is -2.24. The minimum Gasteiger partial charge on any atom is -0.310 e. The van der Waals surface area contributed by atoms with Crippen LogP contribution in [0.1, 0.15) is 18.5 Å². The second kappa shape index (κ2) is 7.08. The molecule has 2 aliphatic rings. The number of fused-ring (bicyclic) bond motifs is 1. The molecule has 2 aromatic heterocycles. The number of halogens is 1. The molecule has 5 rings (SSSR count). The molecule has 1 fully saturated rings. The van der Waals surface area contributed by atoms with Gasteiger partial charge in [0.05, 0.1) is 12.2 Å². The lowest BCUT2D eigenvalue weighted by molar-refractivity contribution is -0.117. The molecule has 148 valence electrons. The Bertz CT molecular complexity index is 1070. The van der Waals surface area contributed by atoms with Gasteiger partial charge < -0.3 is 5.32 Å². The second-order valence-corrected chi connectivity index (χ2v) is 7.83. The molecule has 0 radical (unpaired) electrons. The molecule has 6 nitrogen and oxygen atoms in total. The Hall–Kier alpha value is -3.06. The second-order valence-electron chi connectivity index (χ2n) is 7.83. The highest BCUT2D eigenvalue weighted by atomic mass is 19.1. The van der Waals surface area contributed by atoms with Crippen LogP contribution < -0.4 is 5.32 Å². The van der Waals surface area contributed by atoms with Gasteiger partial charge in [-0.3, -0.25) is 14.4 Å². The van der Waals surface area contributed by atoms with E-state index in [0.717, 1.165) is 60.6 Å². The van der Waals surface area contributed by atoms with Gasteiger partial charge in [-0.25, -0.2) is 9.37 Å². The van der Waals surface area contributed by atoms with Crippen molar-refractivity contribution in [3.05, 3.63) is 54.1 Å². The third-order valence-corrected chi connectivity index (χ3v) is 5.54. The van der Waals surface area contributed by atoms with Crippen molar-refractivity contribution < 1.29 is 9.18 Å². The van der Waals surface area contributed by atoms with Crippen molar-refractivity contribution in [2.24, 2.45) is 5.92 Å².